The van der Waals surface area contributed by atoms with Crippen LogP contribution in [0.1, 0.15) is 42.1 Å². The summed E-state index contributed by atoms with van der Waals surface area (Å²) in [4.78, 5) is 0. The molecule has 90 valence electrons. The summed E-state index contributed by atoms with van der Waals surface area (Å²) in [5.41, 5.74) is 3.66. The molecule has 0 spiro atoms. The Morgan fingerprint density at radius 1 is 1.12 bits per heavy atom. The number of hydrogen-bond donors (Lipinski definition) is 1. The highest BCUT2D eigenvalue weighted by Gasteiger charge is 2.55. The van der Waals surface area contributed by atoms with Crippen molar-refractivity contribution < 1.29 is 9.84 Å². The van der Waals surface area contributed by atoms with Gasteiger partial charge in [0.1, 0.15) is 0 Å². The molecule has 3 unspecified atom stereocenters. The maximum atomic E-state index is 10.5. The van der Waals surface area contributed by atoms with Gasteiger partial charge in [0.15, 0.2) is 0 Å². The first-order chi connectivity index (χ1) is 8.34. The van der Waals surface area contributed by atoms with Crippen LogP contribution in [-0.4, -0.2) is 5.11 Å². The molecular weight excluding hydrogens is 212 g/mol. The van der Waals surface area contributed by atoms with E-state index in [4.69, 9.17) is 4.74 Å². The molecule has 2 heteroatoms. The van der Waals surface area contributed by atoms with Crippen molar-refractivity contribution >= 4 is 0 Å². The molecule has 0 bridgehead atoms. The first kappa shape index (κ1) is 10.1. The standard InChI is InChI=1S/C15H18O2/c16-15(14-12-2-1-3-13(12)14)9-4-5-10-7-17-8-11(10)6-9/h4-6,12-16H,1-3,7-8H2. The van der Waals surface area contributed by atoms with Crippen molar-refractivity contribution in [3.8, 4) is 0 Å². The molecular formula is C15H18O2. The lowest BCUT2D eigenvalue weighted by Gasteiger charge is -2.14. The van der Waals surface area contributed by atoms with E-state index in [-0.39, 0.29) is 6.10 Å². The van der Waals surface area contributed by atoms with Crippen molar-refractivity contribution in [2.45, 2.75) is 38.6 Å². The maximum Gasteiger partial charge on any atom is 0.0823 e. The fourth-order valence-electron chi connectivity index (χ4n) is 3.94. The minimum Gasteiger partial charge on any atom is -0.388 e. The van der Waals surface area contributed by atoms with Gasteiger partial charge in [-0.15, -0.1) is 0 Å². The molecule has 0 radical (unpaired) electrons. The average Bonchev–Trinajstić information content (AvgIpc) is 2.75. The second-order valence-corrected chi connectivity index (χ2v) is 5.80. The Morgan fingerprint density at radius 2 is 1.88 bits per heavy atom. The summed E-state index contributed by atoms with van der Waals surface area (Å²) in [7, 11) is 0. The summed E-state index contributed by atoms with van der Waals surface area (Å²) < 4.78 is 5.42. The first-order valence-electron chi connectivity index (χ1n) is 6.72. The average molecular weight is 230 g/mol. The van der Waals surface area contributed by atoms with Gasteiger partial charge in [-0.3, -0.25) is 0 Å². The molecule has 0 saturated heterocycles. The van der Waals surface area contributed by atoms with E-state index >= 15 is 0 Å². The molecule has 2 fully saturated rings. The molecule has 2 aliphatic carbocycles. The van der Waals surface area contributed by atoms with Gasteiger partial charge in [-0.05, 0) is 47.3 Å². The zero-order chi connectivity index (χ0) is 11.4. The second-order valence-electron chi connectivity index (χ2n) is 5.80. The van der Waals surface area contributed by atoms with Crippen molar-refractivity contribution in [3.05, 3.63) is 34.9 Å². The molecule has 17 heavy (non-hydrogen) atoms. The third kappa shape index (κ3) is 1.47. The van der Waals surface area contributed by atoms with Gasteiger partial charge >= 0.3 is 0 Å². The molecule has 4 rings (SSSR count). The summed E-state index contributed by atoms with van der Waals surface area (Å²) in [6.07, 6.45) is 3.80. The molecule has 1 aromatic rings. The number of hydrogen-bond acceptors (Lipinski definition) is 2. The van der Waals surface area contributed by atoms with Crippen LogP contribution in [0.25, 0.3) is 0 Å². The predicted octanol–water partition coefficient (Wildman–Crippen LogP) is 2.80. The Hall–Kier alpha value is -0.860. The number of aliphatic hydroxyl groups is 1. The second kappa shape index (κ2) is 3.56. The van der Waals surface area contributed by atoms with E-state index in [9.17, 15) is 5.11 Å². The van der Waals surface area contributed by atoms with E-state index in [1.807, 2.05) is 0 Å². The third-order valence-corrected chi connectivity index (χ3v) is 4.92. The van der Waals surface area contributed by atoms with Crippen LogP contribution in [-0.2, 0) is 18.0 Å². The van der Waals surface area contributed by atoms with Crippen LogP contribution in [0, 0.1) is 17.8 Å². The Bertz CT molecular complexity index is 444. The highest BCUT2D eigenvalue weighted by Crippen LogP contribution is 2.62. The number of ether oxygens (including phenoxy) is 1. The third-order valence-electron chi connectivity index (χ3n) is 4.92. The zero-order valence-corrected chi connectivity index (χ0v) is 9.93. The van der Waals surface area contributed by atoms with Crippen LogP contribution in [0.15, 0.2) is 18.2 Å². The largest absolute Gasteiger partial charge is 0.388 e. The molecule has 2 saturated carbocycles. The molecule has 0 amide bonds. The summed E-state index contributed by atoms with van der Waals surface area (Å²) in [5, 5.41) is 10.5. The Balaban J connectivity index is 1.58. The smallest absolute Gasteiger partial charge is 0.0823 e. The molecule has 3 aliphatic rings. The fourth-order valence-corrected chi connectivity index (χ4v) is 3.94. The van der Waals surface area contributed by atoms with Gasteiger partial charge in [0, 0.05) is 0 Å². The fraction of sp³-hybridized carbons (Fsp3) is 0.600. The summed E-state index contributed by atoms with van der Waals surface area (Å²) in [6.45, 7) is 1.45. The van der Waals surface area contributed by atoms with E-state index in [0.717, 1.165) is 24.0 Å². The number of aliphatic hydroxyl groups excluding tert-OH is 1. The number of fused-ring (bicyclic) bond motifs is 2. The highest BCUT2D eigenvalue weighted by molar-refractivity contribution is 5.35. The van der Waals surface area contributed by atoms with E-state index in [1.54, 1.807) is 0 Å². The van der Waals surface area contributed by atoms with Crippen LogP contribution < -0.4 is 0 Å². The molecule has 3 atom stereocenters. The normalized spacial score (nSPS) is 35.5. The van der Waals surface area contributed by atoms with E-state index in [0.29, 0.717) is 12.5 Å². The zero-order valence-electron chi connectivity index (χ0n) is 9.93. The molecule has 2 nitrogen and oxygen atoms in total. The number of rotatable bonds is 2. The minimum absolute atomic E-state index is 0.240. The van der Waals surface area contributed by atoms with Crippen molar-refractivity contribution in [1.82, 2.24) is 0 Å². The van der Waals surface area contributed by atoms with E-state index < -0.39 is 0 Å². The monoisotopic (exact) mass is 230 g/mol. The van der Waals surface area contributed by atoms with Crippen molar-refractivity contribution in [2.24, 2.45) is 17.8 Å². The van der Waals surface area contributed by atoms with Crippen LogP contribution >= 0.6 is 0 Å². The SMILES string of the molecule is OC(c1ccc2c(c1)COC2)C1C2CCCC21. The number of benzene rings is 1. The Labute approximate surface area is 102 Å². The lowest BCUT2D eigenvalue weighted by Crippen LogP contribution is -2.05. The maximum absolute atomic E-state index is 10.5. The molecule has 1 heterocycles. The molecule has 0 aromatic heterocycles. The quantitative estimate of drug-likeness (QED) is 0.846. The molecule has 1 N–H and O–H groups in total. The van der Waals surface area contributed by atoms with Gasteiger partial charge in [-0.25, -0.2) is 0 Å². The van der Waals surface area contributed by atoms with Gasteiger partial charge in [-0.2, -0.15) is 0 Å². The topological polar surface area (TPSA) is 29.5 Å². The predicted molar refractivity (Wildman–Crippen MR) is 64.2 cm³/mol. The van der Waals surface area contributed by atoms with Crippen LogP contribution in [0.4, 0.5) is 0 Å². The van der Waals surface area contributed by atoms with Gasteiger partial charge < -0.3 is 9.84 Å². The lowest BCUT2D eigenvalue weighted by atomic mass is 9.97. The van der Waals surface area contributed by atoms with E-state index in [1.165, 1.54) is 30.4 Å². The van der Waals surface area contributed by atoms with Crippen LogP contribution in [0.2, 0.25) is 0 Å². The highest BCUT2D eigenvalue weighted by atomic mass is 16.5. The van der Waals surface area contributed by atoms with Gasteiger partial charge in [0.2, 0.25) is 0 Å². The van der Waals surface area contributed by atoms with Crippen molar-refractivity contribution in [1.29, 1.82) is 0 Å². The Kier molecular flexibility index (Phi) is 2.12. The van der Waals surface area contributed by atoms with Crippen LogP contribution in [0.5, 0.6) is 0 Å². The van der Waals surface area contributed by atoms with Gasteiger partial charge in [-0.1, -0.05) is 24.6 Å². The Morgan fingerprint density at radius 3 is 2.71 bits per heavy atom. The van der Waals surface area contributed by atoms with Crippen LogP contribution in [0.3, 0.4) is 0 Å². The lowest BCUT2D eigenvalue weighted by molar-refractivity contribution is 0.133. The minimum atomic E-state index is -0.240. The summed E-state index contributed by atoms with van der Waals surface area (Å²) >= 11 is 0. The first-order valence-corrected chi connectivity index (χ1v) is 6.72. The van der Waals surface area contributed by atoms with Gasteiger partial charge in [0.25, 0.3) is 0 Å². The summed E-state index contributed by atoms with van der Waals surface area (Å²) in [5.74, 6) is 2.17. The van der Waals surface area contributed by atoms with E-state index in [2.05, 4.69) is 18.2 Å². The molecule has 1 aromatic carbocycles. The summed E-state index contributed by atoms with van der Waals surface area (Å²) in [6, 6.07) is 6.37. The molecule has 1 aliphatic heterocycles. The van der Waals surface area contributed by atoms with Gasteiger partial charge in [0.05, 0.1) is 19.3 Å². The van der Waals surface area contributed by atoms with Crippen molar-refractivity contribution in [3.63, 3.8) is 0 Å². The van der Waals surface area contributed by atoms with Crippen molar-refractivity contribution in [2.75, 3.05) is 0 Å².